The van der Waals surface area contributed by atoms with Crippen molar-refractivity contribution in [1.82, 2.24) is 14.9 Å². The second-order valence-corrected chi connectivity index (χ2v) is 9.39. The largest absolute Gasteiger partial charge is 0.348 e. The van der Waals surface area contributed by atoms with Gasteiger partial charge in [0.05, 0.1) is 16.9 Å². The lowest BCUT2D eigenvalue weighted by Crippen LogP contribution is -2.55. The summed E-state index contributed by atoms with van der Waals surface area (Å²) < 4.78 is 42.1. The molecule has 3 saturated carbocycles. The van der Waals surface area contributed by atoms with Crippen molar-refractivity contribution in [3.05, 3.63) is 80.3 Å². The molecule has 3 aromatic rings. The van der Waals surface area contributed by atoms with Gasteiger partial charge in [-0.25, -0.2) is 22.5 Å². The minimum Gasteiger partial charge on any atom is -0.348 e. The number of fused-ring (bicyclic) bond motifs is 1. The number of halogens is 3. The fourth-order valence-corrected chi connectivity index (χ4v) is 5.34. The Morgan fingerprint density at radius 2 is 1.79 bits per heavy atom. The van der Waals surface area contributed by atoms with E-state index in [1.54, 1.807) is 0 Å². The average Bonchev–Trinajstić information content (AvgIpc) is 2.68. The molecule has 2 N–H and O–H groups in total. The topological polar surface area (TPSA) is 84.0 Å². The van der Waals surface area contributed by atoms with Crippen LogP contribution < -0.4 is 16.6 Å². The molecule has 1 aromatic heterocycles. The Morgan fingerprint density at radius 1 is 1.12 bits per heavy atom. The Kier molecular flexibility index (Phi) is 4.95. The van der Waals surface area contributed by atoms with E-state index in [0.717, 1.165) is 48.1 Å². The highest BCUT2D eigenvalue weighted by Crippen LogP contribution is 2.67. The Hall–Kier alpha value is -3.36. The molecule has 0 spiro atoms. The van der Waals surface area contributed by atoms with Crippen molar-refractivity contribution in [3.8, 4) is 0 Å². The van der Waals surface area contributed by atoms with Gasteiger partial charge in [0.15, 0.2) is 0 Å². The second kappa shape index (κ2) is 7.60. The number of hydrogen-bond acceptors (Lipinski definition) is 3. The van der Waals surface area contributed by atoms with Crippen molar-refractivity contribution in [2.24, 2.45) is 11.3 Å². The van der Waals surface area contributed by atoms with Crippen LogP contribution in [0.4, 0.5) is 13.2 Å². The van der Waals surface area contributed by atoms with E-state index in [9.17, 15) is 27.6 Å². The van der Waals surface area contributed by atoms with Gasteiger partial charge in [-0.2, -0.15) is 0 Å². The summed E-state index contributed by atoms with van der Waals surface area (Å²) in [7, 11) is 0. The molecule has 1 amide bonds. The van der Waals surface area contributed by atoms with Crippen LogP contribution in [-0.2, 0) is 4.79 Å². The first-order valence-corrected chi connectivity index (χ1v) is 10.9. The number of aromatic nitrogens is 2. The zero-order valence-electron chi connectivity index (χ0n) is 17.8. The summed E-state index contributed by atoms with van der Waals surface area (Å²) in [5, 5.41) is 2.63. The van der Waals surface area contributed by atoms with E-state index in [4.69, 9.17) is 0 Å². The first kappa shape index (κ1) is 21.5. The van der Waals surface area contributed by atoms with Gasteiger partial charge < -0.3 is 10.3 Å². The van der Waals surface area contributed by atoms with Gasteiger partial charge >= 0.3 is 5.69 Å². The van der Waals surface area contributed by atoms with E-state index in [0.29, 0.717) is 5.92 Å². The maximum atomic E-state index is 14.2. The van der Waals surface area contributed by atoms with Crippen molar-refractivity contribution in [2.75, 3.05) is 0 Å². The molecule has 3 aliphatic rings. The number of H-pyrrole nitrogens is 1. The molecule has 1 heterocycles. The predicted octanol–water partition coefficient (Wildman–Crippen LogP) is 3.72. The molecular weight excluding hydrogens is 435 g/mol. The van der Waals surface area contributed by atoms with Gasteiger partial charge in [0.25, 0.3) is 5.56 Å². The van der Waals surface area contributed by atoms with Gasteiger partial charge in [-0.05, 0) is 68.2 Å². The molecule has 2 aromatic carbocycles. The quantitative estimate of drug-likeness (QED) is 0.592. The van der Waals surface area contributed by atoms with E-state index >= 15 is 0 Å². The van der Waals surface area contributed by atoms with Gasteiger partial charge in [-0.1, -0.05) is 6.07 Å². The summed E-state index contributed by atoms with van der Waals surface area (Å²) in [6.45, 7) is 1.54. The summed E-state index contributed by atoms with van der Waals surface area (Å²) in [6, 6.07) is 4.53. The van der Waals surface area contributed by atoms with Crippen LogP contribution in [0.25, 0.3) is 10.9 Å². The highest BCUT2D eigenvalue weighted by atomic mass is 19.1. The number of hydrogen-bond donors (Lipinski definition) is 2. The number of aromatic amines is 1. The molecule has 0 radical (unpaired) electrons. The van der Waals surface area contributed by atoms with Crippen LogP contribution in [0.2, 0.25) is 0 Å². The number of carbonyl (C=O) groups is 1. The molecule has 172 valence electrons. The SMILES string of the molecule is C[C@H](NC(=O)[C@@H](CC12CC(C1)C2)n1c(=O)[nH]c2ccc(F)cc2c1=O)c1ccc(F)cc1F. The lowest BCUT2D eigenvalue weighted by atomic mass is 9.43. The van der Waals surface area contributed by atoms with E-state index < -0.39 is 46.7 Å². The Labute approximate surface area is 186 Å². The van der Waals surface area contributed by atoms with Crippen LogP contribution in [0, 0.1) is 28.8 Å². The number of nitrogens with one attached hydrogen (secondary N) is 2. The van der Waals surface area contributed by atoms with Crippen LogP contribution in [0.15, 0.2) is 46.0 Å². The molecule has 0 saturated heterocycles. The van der Waals surface area contributed by atoms with Gasteiger partial charge in [-0.15, -0.1) is 0 Å². The van der Waals surface area contributed by atoms with Gasteiger partial charge in [0.1, 0.15) is 23.5 Å². The molecule has 9 heteroatoms. The molecule has 3 aliphatic carbocycles. The third kappa shape index (κ3) is 3.65. The molecular formula is C24H22F3N3O3. The van der Waals surface area contributed by atoms with Crippen LogP contribution in [-0.4, -0.2) is 15.5 Å². The molecule has 3 fully saturated rings. The molecule has 6 rings (SSSR count). The predicted molar refractivity (Wildman–Crippen MR) is 115 cm³/mol. The monoisotopic (exact) mass is 457 g/mol. The number of rotatable bonds is 6. The first-order valence-electron chi connectivity index (χ1n) is 10.9. The second-order valence-electron chi connectivity index (χ2n) is 9.39. The number of benzene rings is 2. The normalized spacial score (nSPS) is 22.8. The first-order chi connectivity index (χ1) is 15.7. The highest BCUT2D eigenvalue weighted by Gasteiger charge is 2.57. The zero-order valence-corrected chi connectivity index (χ0v) is 17.8. The Bertz CT molecular complexity index is 1380. The molecule has 0 aliphatic heterocycles. The summed E-state index contributed by atoms with van der Waals surface area (Å²) >= 11 is 0. The van der Waals surface area contributed by atoms with Crippen molar-refractivity contribution in [1.29, 1.82) is 0 Å². The summed E-state index contributed by atoms with van der Waals surface area (Å²) in [6.07, 6.45) is 3.05. The van der Waals surface area contributed by atoms with Crippen molar-refractivity contribution in [2.45, 2.75) is 44.7 Å². The Morgan fingerprint density at radius 3 is 2.42 bits per heavy atom. The lowest BCUT2D eigenvalue weighted by Gasteiger charge is -2.63. The lowest BCUT2D eigenvalue weighted by molar-refractivity contribution is -0.140. The van der Waals surface area contributed by atoms with Crippen LogP contribution in [0.5, 0.6) is 0 Å². The van der Waals surface area contributed by atoms with E-state index in [2.05, 4.69) is 10.3 Å². The van der Waals surface area contributed by atoms with E-state index in [1.807, 2.05) is 0 Å². The summed E-state index contributed by atoms with van der Waals surface area (Å²) in [5.74, 6) is -2.20. The highest BCUT2D eigenvalue weighted by molar-refractivity contribution is 5.82. The Balaban J connectivity index is 1.53. The number of nitrogens with zero attached hydrogens (tertiary/aromatic N) is 1. The zero-order chi connectivity index (χ0) is 23.5. The van der Waals surface area contributed by atoms with Gasteiger partial charge in [-0.3, -0.25) is 9.59 Å². The molecule has 0 unspecified atom stereocenters. The van der Waals surface area contributed by atoms with Crippen molar-refractivity contribution in [3.63, 3.8) is 0 Å². The maximum absolute atomic E-state index is 14.2. The average molecular weight is 457 g/mol. The molecule has 2 bridgehead atoms. The fourth-order valence-electron chi connectivity index (χ4n) is 5.34. The molecule has 33 heavy (non-hydrogen) atoms. The van der Waals surface area contributed by atoms with Gasteiger partial charge in [0, 0.05) is 11.6 Å². The minimum absolute atomic E-state index is 0.0392. The van der Waals surface area contributed by atoms with Gasteiger partial charge in [0.2, 0.25) is 5.91 Å². The minimum atomic E-state index is -1.15. The van der Waals surface area contributed by atoms with E-state index in [-0.39, 0.29) is 28.3 Å². The maximum Gasteiger partial charge on any atom is 0.329 e. The number of carbonyl (C=O) groups excluding carboxylic acids is 1. The summed E-state index contributed by atoms with van der Waals surface area (Å²) in [4.78, 5) is 42.0. The third-order valence-electron chi connectivity index (χ3n) is 7.08. The van der Waals surface area contributed by atoms with Crippen LogP contribution in [0.1, 0.15) is 50.3 Å². The third-order valence-corrected chi connectivity index (χ3v) is 7.08. The number of amides is 1. The smallest absolute Gasteiger partial charge is 0.329 e. The molecule has 6 nitrogen and oxygen atoms in total. The van der Waals surface area contributed by atoms with Crippen LogP contribution >= 0.6 is 0 Å². The fraction of sp³-hybridized carbons (Fsp3) is 0.375. The van der Waals surface area contributed by atoms with Crippen molar-refractivity contribution < 1.29 is 18.0 Å². The summed E-state index contributed by atoms with van der Waals surface area (Å²) in [5.41, 5.74) is -1.39. The van der Waals surface area contributed by atoms with E-state index in [1.165, 1.54) is 19.1 Å². The van der Waals surface area contributed by atoms with Crippen molar-refractivity contribution >= 4 is 16.8 Å². The van der Waals surface area contributed by atoms with Crippen LogP contribution in [0.3, 0.4) is 0 Å². The standard InChI is InChI=1S/C24H22F3N3O3/c1-12(16-4-2-15(26)7-18(16)27)28-21(31)20(11-24-8-13(9-24)10-24)30-22(32)17-6-14(25)3-5-19(17)29-23(30)33/h2-7,12-13,20H,8-11H2,1H3,(H,28,31)(H,29,33)/t12-,13?,20+,24?/m0/s1. The molecule has 2 atom stereocenters.